The third kappa shape index (κ3) is 11.5. The molecular weight excluding hydrogens is 887 g/mol. The van der Waals surface area contributed by atoms with E-state index >= 15 is 0 Å². The van der Waals surface area contributed by atoms with Crippen LogP contribution in [0.25, 0.3) is 6.08 Å². The molecule has 2 heterocycles. The molecule has 0 amide bonds. The first-order valence-corrected chi connectivity index (χ1v) is 23.1. The van der Waals surface area contributed by atoms with Gasteiger partial charge in [0.15, 0.2) is 29.2 Å². The van der Waals surface area contributed by atoms with Gasteiger partial charge in [-0.15, -0.1) is 0 Å². The van der Waals surface area contributed by atoms with Gasteiger partial charge in [-0.2, -0.15) is 0 Å². The Kier molecular flexibility index (Phi) is 14.8. The summed E-state index contributed by atoms with van der Waals surface area (Å²) < 4.78 is 65.4. The van der Waals surface area contributed by atoms with Gasteiger partial charge < -0.3 is 38.6 Å². The van der Waals surface area contributed by atoms with Gasteiger partial charge >= 0.3 is 0 Å². The molecule has 4 atom stereocenters. The molecule has 10 heteroatoms. The number of aryl methyl sites for hydroxylation is 2. The van der Waals surface area contributed by atoms with Crippen LogP contribution in [-0.2, 0) is 26.4 Å². The average Bonchev–Trinajstić information content (AvgIpc) is 3.38. The van der Waals surface area contributed by atoms with Crippen LogP contribution in [0.1, 0.15) is 73.9 Å². The normalized spacial score (nSPS) is 16.5. The molecule has 70 heavy (non-hydrogen) atoms. The largest absolute Gasteiger partial charge is 0.488 e. The van der Waals surface area contributed by atoms with Crippen molar-refractivity contribution in [1.29, 1.82) is 0 Å². The average molecular weight is 939 g/mol. The van der Waals surface area contributed by atoms with Crippen molar-refractivity contribution < 1.29 is 47.4 Å². The van der Waals surface area contributed by atoms with Crippen LogP contribution in [0, 0.1) is 25.5 Å². The highest BCUT2D eigenvalue weighted by Crippen LogP contribution is 2.47. The summed E-state index contributed by atoms with van der Waals surface area (Å²) in [7, 11) is 0. The maximum Gasteiger partial charge on any atom is 0.165 e. The molecule has 2 unspecified atom stereocenters. The minimum atomic E-state index is -1.32. The molecule has 8 aromatic carbocycles. The molecule has 8 aromatic rings. The molecule has 0 saturated heterocycles. The fourth-order valence-electron chi connectivity index (χ4n) is 8.26. The van der Waals surface area contributed by atoms with E-state index in [-0.39, 0.29) is 18.1 Å². The van der Waals surface area contributed by atoms with Crippen LogP contribution in [0.5, 0.6) is 34.5 Å². The fraction of sp³-hybridized carbons (Fsp3) is 0.167. The van der Waals surface area contributed by atoms with E-state index in [1.807, 2.05) is 166 Å². The number of fused-ring (bicyclic) bond motifs is 2. The SMILES string of the molecule is Cc1cc(OCc2ccccc2)c2c(c1)OC(c1ccc(OCc3ccccc3)c(F)c1)C=C2.Cc1cc(OCc2ccccc2)c2c(c1)OC(c1ccc(OCc3ccccc3)c(F)c1)[C@@H](O)[C@H]2O. The van der Waals surface area contributed by atoms with Gasteiger partial charge in [-0.05, 0) is 119 Å². The number of hydrogen-bond acceptors (Lipinski definition) is 8. The highest BCUT2D eigenvalue weighted by atomic mass is 19.1. The van der Waals surface area contributed by atoms with Gasteiger partial charge in [-0.1, -0.05) is 133 Å². The minimum Gasteiger partial charge on any atom is -0.488 e. The lowest BCUT2D eigenvalue weighted by Crippen LogP contribution is -2.34. The molecule has 0 bridgehead atoms. The maximum absolute atomic E-state index is 14.9. The van der Waals surface area contributed by atoms with Crippen molar-refractivity contribution in [2.24, 2.45) is 0 Å². The molecule has 8 nitrogen and oxygen atoms in total. The van der Waals surface area contributed by atoms with Crippen LogP contribution in [-0.4, -0.2) is 16.3 Å². The molecule has 2 N–H and O–H groups in total. The zero-order valence-corrected chi connectivity index (χ0v) is 38.7. The van der Waals surface area contributed by atoms with E-state index in [1.54, 1.807) is 24.3 Å². The van der Waals surface area contributed by atoms with E-state index in [1.165, 1.54) is 18.2 Å². The van der Waals surface area contributed by atoms with Gasteiger partial charge in [-0.25, -0.2) is 8.78 Å². The number of halogens is 2. The van der Waals surface area contributed by atoms with E-state index in [0.717, 1.165) is 56.0 Å². The van der Waals surface area contributed by atoms with E-state index in [4.69, 9.17) is 28.4 Å². The molecule has 354 valence electrons. The van der Waals surface area contributed by atoms with Gasteiger partial charge in [0, 0.05) is 0 Å². The molecule has 2 aliphatic rings. The van der Waals surface area contributed by atoms with Crippen LogP contribution in [0.3, 0.4) is 0 Å². The Hall–Kier alpha value is -7.92. The molecule has 10 rings (SSSR count). The first kappa shape index (κ1) is 47.2. The third-order valence-corrected chi connectivity index (χ3v) is 11.9. The van der Waals surface area contributed by atoms with Crippen molar-refractivity contribution in [1.82, 2.24) is 0 Å². The standard InChI is InChI=1S/C30H27FO5.C30H25FO3/c1-19-14-25(35-18-21-10-6-3-7-11-21)27-26(15-19)36-30(29(33)28(27)32)22-12-13-24(23(31)16-22)34-17-20-8-4-2-5-9-20;1-21-16-29(33-20-23-10-6-3-7-11-23)25-13-15-27(34-30(25)17-21)24-12-14-28(26(31)18-24)32-19-22-8-4-2-5-9-22/h2-16,28-30,32-33H,17-18H2,1H3;2-18,27H,19-20H2,1H3/t28-,29-,30?;/m0./s1. The Morgan fingerprint density at radius 1 is 0.457 bits per heavy atom. The summed E-state index contributed by atoms with van der Waals surface area (Å²) >= 11 is 0. The molecule has 0 aromatic heterocycles. The van der Waals surface area contributed by atoms with E-state index in [2.05, 4.69) is 0 Å². The van der Waals surface area contributed by atoms with E-state index in [0.29, 0.717) is 42.4 Å². The Morgan fingerprint density at radius 3 is 1.39 bits per heavy atom. The molecule has 2 aliphatic heterocycles. The molecule has 0 fully saturated rings. The quantitative estimate of drug-likeness (QED) is 0.111. The summed E-state index contributed by atoms with van der Waals surface area (Å²) in [5.74, 6) is 1.66. The van der Waals surface area contributed by atoms with Crippen molar-refractivity contribution in [3.8, 4) is 34.5 Å². The predicted octanol–water partition coefficient (Wildman–Crippen LogP) is 13.3. The minimum absolute atomic E-state index is 0.0984. The first-order chi connectivity index (χ1) is 34.1. The Bertz CT molecular complexity index is 3040. The van der Waals surface area contributed by atoms with Gasteiger partial charge in [0.05, 0.1) is 11.1 Å². The summed E-state index contributed by atoms with van der Waals surface area (Å²) in [5.41, 5.74) is 8.27. The van der Waals surface area contributed by atoms with Crippen molar-refractivity contribution in [2.45, 2.75) is 64.7 Å². The third-order valence-electron chi connectivity index (χ3n) is 11.9. The predicted molar refractivity (Wildman–Crippen MR) is 265 cm³/mol. The molecular formula is C60H52F2O8. The second-order valence-electron chi connectivity index (χ2n) is 17.2. The first-order valence-electron chi connectivity index (χ1n) is 23.1. The summed E-state index contributed by atoms with van der Waals surface area (Å²) in [5, 5.41) is 22.0. The zero-order valence-electron chi connectivity index (χ0n) is 38.7. The van der Waals surface area contributed by atoms with Crippen LogP contribution in [0.15, 0.2) is 188 Å². The number of aliphatic hydroxyl groups excluding tert-OH is 2. The van der Waals surface area contributed by atoms with Crippen molar-refractivity contribution >= 4 is 6.08 Å². The van der Waals surface area contributed by atoms with Crippen LogP contribution in [0.2, 0.25) is 0 Å². The van der Waals surface area contributed by atoms with Crippen LogP contribution >= 0.6 is 0 Å². The summed E-state index contributed by atoms with van der Waals surface area (Å²) in [4.78, 5) is 0. The van der Waals surface area contributed by atoms with Gasteiger partial charge in [-0.3, -0.25) is 0 Å². The maximum atomic E-state index is 14.9. The Balaban J connectivity index is 0.000000174. The topological polar surface area (TPSA) is 95.8 Å². The lowest BCUT2D eigenvalue weighted by Gasteiger charge is -2.35. The number of hydrogen-bond donors (Lipinski definition) is 2. The summed E-state index contributed by atoms with van der Waals surface area (Å²) in [6.45, 7) is 5.23. The lowest BCUT2D eigenvalue weighted by atomic mass is 9.91. The smallest absolute Gasteiger partial charge is 0.165 e. The molecule has 0 aliphatic carbocycles. The summed E-state index contributed by atoms with van der Waals surface area (Å²) in [6, 6.07) is 55.9. The number of aliphatic hydroxyl groups is 2. The van der Waals surface area contributed by atoms with Gasteiger partial charge in [0.1, 0.15) is 67.7 Å². The van der Waals surface area contributed by atoms with Crippen molar-refractivity contribution in [3.63, 3.8) is 0 Å². The number of benzene rings is 8. The van der Waals surface area contributed by atoms with Crippen molar-refractivity contribution in [3.05, 3.63) is 255 Å². The second kappa shape index (κ2) is 22.0. The number of rotatable bonds is 14. The molecule has 0 spiro atoms. The number of ether oxygens (including phenoxy) is 6. The molecule has 0 radical (unpaired) electrons. The van der Waals surface area contributed by atoms with Gasteiger partial charge in [0.25, 0.3) is 0 Å². The second-order valence-corrected chi connectivity index (χ2v) is 17.2. The lowest BCUT2D eigenvalue weighted by molar-refractivity contribution is -0.0713. The summed E-state index contributed by atoms with van der Waals surface area (Å²) in [6.07, 6.45) is -0.0484. The monoisotopic (exact) mass is 938 g/mol. The van der Waals surface area contributed by atoms with Gasteiger partial charge in [0.2, 0.25) is 0 Å². The Labute approximate surface area is 406 Å². The molecule has 0 saturated carbocycles. The fourth-order valence-corrected chi connectivity index (χ4v) is 8.26. The Morgan fingerprint density at radius 2 is 0.886 bits per heavy atom. The van der Waals surface area contributed by atoms with Crippen molar-refractivity contribution in [2.75, 3.05) is 0 Å². The van der Waals surface area contributed by atoms with E-state index < -0.39 is 36.1 Å². The van der Waals surface area contributed by atoms with Crippen LogP contribution < -0.4 is 28.4 Å². The highest BCUT2D eigenvalue weighted by molar-refractivity contribution is 5.68. The zero-order chi connectivity index (χ0) is 48.4. The van der Waals surface area contributed by atoms with E-state index in [9.17, 15) is 19.0 Å². The van der Waals surface area contributed by atoms with Crippen LogP contribution in [0.4, 0.5) is 8.78 Å². The highest BCUT2D eigenvalue weighted by Gasteiger charge is 2.40.